The Morgan fingerprint density at radius 3 is 2.78 bits per heavy atom. The van der Waals surface area contributed by atoms with Crippen molar-refractivity contribution in [2.75, 3.05) is 4.90 Å². The molecule has 180 valence electrons. The van der Waals surface area contributed by atoms with Crippen LogP contribution in [0.25, 0.3) is 16.0 Å². The molecule has 0 saturated carbocycles. The summed E-state index contributed by atoms with van der Waals surface area (Å²) in [6.07, 6.45) is 0.643. The highest BCUT2D eigenvalue weighted by Gasteiger charge is 2.49. The average molecular weight is 521 g/mol. The Hall–Kier alpha value is -3.75. The van der Waals surface area contributed by atoms with Crippen molar-refractivity contribution in [3.8, 4) is 5.75 Å². The maximum absolute atomic E-state index is 15.1. The number of aliphatic hydroxyl groups excluding tert-OH is 1. The van der Waals surface area contributed by atoms with Crippen LogP contribution in [0.5, 0.6) is 5.75 Å². The number of fused-ring (bicyclic) bond motifs is 2. The van der Waals surface area contributed by atoms with Gasteiger partial charge in [-0.2, -0.15) is 0 Å². The normalized spacial score (nSPS) is 20.7. The quantitative estimate of drug-likeness (QED) is 0.202. The van der Waals surface area contributed by atoms with E-state index in [1.165, 1.54) is 18.2 Å². The number of halogens is 2. The Morgan fingerprint density at radius 1 is 1.17 bits per heavy atom. The van der Waals surface area contributed by atoms with Crippen LogP contribution in [0.3, 0.4) is 0 Å². The topological polar surface area (TPSA) is 79.7 Å². The van der Waals surface area contributed by atoms with E-state index in [0.29, 0.717) is 33.0 Å². The third kappa shape index (κ3) is 3.56. The number of carbonyl (C=O) groups is 2. The van der Waals surface area contributed by atoms with Crippen LogP contribution in [-0.2, 0) is 16.0 Å². The molecule has 0 radical (unpaired) electrons. The van der Waals surface area contributed by atoms with Crippen molar-refractivity contribution in [2.24, 2.45) is 0 Å². The highest BCUT2D eigenvalue weighted by Crippen LogP contribution is 2.45. The fourth-order valence-corrected chi connectivity index (χ4v) is 6.00. The van der Waals surface area contributed by atoms with Gasteiger partial charge in [-0.25, -0.2) is 9.37 Å². The highest BCUT2D eigenvalue weighted by molar-refractivity contribution is 7.22. The molecule has 3 aromatic carbocycles. The highest BCUT2D eigenvalue weighted by atomic mass is 35.5. The molecule has 36 heavy (non-hydrogen) atoms. The zero-order valence-corrected chi connectivity index (χ0v) is 20.4. The minimum Gasteiger partial charge on any atom is -0.507 e. The average Bonchev–Trinajstić information content (AvgIpc) is 3.51. The van der Waals surface area contributed by atoms with E-state index in [2.05, 4.69) is 4.98 Å². The second-order valence-electron chi connectivity index (χ2n) is 8.75. The number of ether oxygens (including phenoxy) is 1. The SMILES string of the molecule is CC1Cc2cc(C(O)=C3C(=O)C(=O)N(c4nc5ccc(Cl)cc5s4)C3c3ccccc3F)ccc2O1. The number of Topliss-reactive ketones (excluding diaryl/α,β-unsaturated/α-hetero) is 1. The number of amides is 1. The Kier molecular flexibility index (Phi) is 5.31. The Labute approximate surface area is 214 Å². The van der Waals surface area contributed by atoms with E-state index in [0.717, 1.165) is 21.8 Å². The number of hydrogen-bond donors (Lipinski definition) is 1. The molecule has 1 fully saturated rings. The first-order chi connectivity index (χ1) is 17.3. The zero-order valence-electron chi connectivity index (χ0n) is 18.9. The van der Waals surface area contributed by atoms with Gasteiger partial charge in [-0.05, 0) is 55.0 Å². The minimum absolute atomic E-state index is 0.00562. The van der Waals surface area contributed by atoms with Crippen LogP contribution in [0.4, 0.5) is 9.52 Å². The first-order valence-corrected chi connectivity index (χ1v) is 12.4. The van der Waals surface area contributed by atoms with Gasteiger partial charge in [-0.1, -0.05) is 41.1 Å². The Morgan fingerprint density at radius 2 is 1.97 bits per heavy atom. The minimum atomic E-state index is -1.20. The summed E-state index contributed by atoms with van der Waals surface area (Å²) in [6, 6.07) is 14.9. The van der Waals surface area contributed by atoms with Crippen LogP contribution in [0.1, 0.15) is 29.7 Å². The van der Waals surface area contributed by atoms with E-state index in [1.807, 2.05) is 6.92 Å². The third-order valence-electron chi connectivity index (χ3n) is 6.36. The molecule has 2 aliphatic rings. The first-order valence-electron chi connectivity index (χ1n) is 11.2. The van der Waals surface area contributed by atoms with Crippen LogP contribution >= 0.6 is 22.9 Å². The molecule has 1 aromatic heterocycles. The number of benzene rings is 3. The van der Waals surface area contributed by atoms with Gasteiger partial charge >= 0.3 is 5.91 Å². The molecule has 3 heterocycles. The van der Waals surface area contributed by atoms with Gasteiger partial charge in [0, 0.05) is 22.6 Å². The molecule has 6 nitrogen and oxygen atoms in total. The lowest BCUT2D eigenvalue weighted by Gasteiger charge is -2.23. The lowest BCUT2D eigenvalue weighted by Crippen LogP contribution is -2.29. The van der Waals surface area contributed by atoms with E-state index in [1.54, 1.807) is 42.5 Å². The molecule has 2 aliphatic heterocycles. The van der Waals surface area contributed by atoms with E-state index < -0.39 is 23.5 Å². The number of anilines is 1. The van der Waals surface area contributed by atoms with E-state index in [4.69, 9.17) is 16.3 Å². The van der Waals surface area contributed by atoms with Crippen molar-refractivity contribution >= 4 is 55.7 Å². The van der Waals surface area contributed by atoms with Crippen LogP contribution in [0.15, 0.2) is 66.2 Å². The maximum Gasteiger partial charge on any atom is 0.301 e. The molecule has 2 atom stereocenters. The largest absolute Gasteiger partial charge is 0.507 e. The van der Waals surface area contributed by atoms with Gasteiger partial charge in [0.1, 0.15) is 29.5 Å². The van der Waals surface area contributed by atoms with Gasteiger partial charge in [0.25, 0.3) is 5.78 Å². The fraction of sp³-hybridized carbons (Fsp3) is 0.148. The van der Waals surface area contributed by atoms with Crippen LogP contribution < -0.4 is 9.64 Å². The lowest BCUT2D eigenvalue weighted by molar-refractivity contribution is -0.132. The van der Waals surface area contributed by atoms with Crippen molar-refractivity contribution < 1.29 is 23.8 Å². The number of hydrogen-bond acceptors (Lipinski definition) is 6. The van der Waals surface area contributed by atoms with Gasteiger partial charge in [0.05, 0.1) is 15.8 Å². The second kappa shape index (κ2) is 8.43. The third-order valence-corrected chi connectivity index (χ3v) is 7.61. The van der Waals surface area contributed by atoms with Crippen molar-refractivity contribution in [2.45, 2.75) is 25.5 Å². The number of rotatable bonds is 3. The lowest BCUT2D eigenvalue weighted by atomic mass is 9.94. The summed E-state index contributed by atoms with van der Waals surface area (Å²) in [5, 5.41) is 12.1. The summed E-state index contributed by atoms with van der Waals surface area (Å²) in [5.41, 5.74) is 1.69. The van der Waals surface area contributed by atoms with Crippen LogP contribution in [-0.4, -0.2) is 27.9 Å². The molecule has 6 rings (SSSR count). The van der Waals surface area contributed by atoms with E-state index in [9.17, 15) is 14.7 Å². The van der Waals surface area contributed by atoms with Gasteiger partial charge in [0.2, 0.25) is 0 Å². The number of aromatic nitrogens is 1. The first kappa shape index (κ1) is 22.7. The molecule has 0 aliphatic carbocycles. The Bertz CT molecular complexity index is 1610. The zero-order chi connectivity index (χ0) is 25.1. The standard InChI is InChI=1S/C27H18ClFN2O4S/c1-13-10-15-11-14(6-9-20(15)35-13)24(32)22-23(17-4-2-3-5-18(17)29)31(26(34)25(22)33)27-30-19-8-7-16(28)12-21(19)36-27/h2-9,11-13,23,32H,10H2,1H3. The predicted molar refractivity (Wildman–Crippen MR) is 136 cm³/mol. The molecule has 2 unspecified atom stereocenters. The Balaban J connectivity index is 1.55. The number of nitrogens with zero attached hydrogens (tertiary/aromatic N) is 2. The number of ketones is 1. The summed E-state index contributed by atoms with van der Waals surface area (Å²) in [5.74, 6) is -2.09. The molecular weight excluding hydrogens is 503 g/mol. The van der Waals surface area contributed by atoms with Gasteiger partial charge in [0.15, 0.2) is 5.13 Å². The molecule has 4 aromatic rings. The summed E-state index contributed by atoms with van der Waals surface area (Å²) in [6.45, 7) is 1.94. The van der Waals surface area contributed by atoms with Crippen LogP contribution in [0.2, 0.25) is 5.02 Å². The number of carbonyl (C=O) groups excluding carboxylic acids is 2. The number of thiazole rings is 1. The smallest absolute Gasteiger partial charge is 0.301 e. The monoisotopic (exact) mass is 520 g/mol. The molecule has 9 heteroatoms. The van der Waals surface area contributed by atoms with Crippen molar-refractivity contribution in [1.82, 2.24) is 4.98 Å². The maximum atomic E-state index is 15.1. The molecular formula is C27H18ClFN2O4S. The van der Waals surface area contributed by atoms with Gasteiger partial charge in [-0.15, -0.1) is 0 Å². The van der Waals surface area contributed by atoms with E-state index >= 15 is 4.39 Å². The fourth-order valence-electron chi connectivity index (χ4n) is 4.74. The summed E-state index contributed by atoms with van der Waals surface area (Å²) in [4.78, 5) is 32.4. The summed E-state index contributed by atoms with van der Waals surface area (Å²) >= 11 is 7.27. The van der Waals surface area contributed by atoms with Crippen molar-refractivity contribution in [3.05, 3.63) is 93.8 Å². The predicted octanol–water partition coefficient (Wildman–Crippen LogP) is 6.04. The molecule has 1 N–H and O–H groups in total. The second-order valence-corrected chi connectivity index (χ2v) is 10.2. The number of aliphatic hydroxyl groups is 1. The van der Waals surface area contributed by atoms with E-state index in [-0.39, 0.29) is 28.1 Å². The molecule has 1 amide bonds. The van der Waals surface area contributed by atoms with Gasteiger partial charge in [-0.3, -0.25) is 14.5 Å². The molecule has 1 saturated heterocycles. The molecule has 0 bridgehead atoms. The van der Waals surface area contributed by atoms with Crippen molar-refractivity contribution in [3.63, 3.8) is 0 Å². The van der Waals surface area contributed by atoms with Crippen LogP contribution in [0, 0.1) is 5.82 Å². The molecule has 0 spiro atoms. The van der Waals surface area contributed by atoms with Gasteiger partial charge < -0.3 is 9.84 Å². The van der Waals surface area contributed by atoms with Crippen molar-refractivity contribution in [1.29, 1.82) is 0 Å². The summed E-state index contributed by atoms with van der Waals surface area (Å²) < 4.78 is 21.5. The summed E-state index contributed by atoms with van der Waals surface area (Å²) in [7, 11) is 0.